The summed E-state index contributed by atoms with van der Waals surface area (Å²) in [5.41, 5.74) is 9.23. The molecule has 0 unspecified atom stereocenters. The molecule has 2 aromatic rings. The van der Waals surface area contributed by atoms with Gasteiger partial charge in [-0.1, -0.05) is 26.8 Å². The van der Waals surface area contributed by atoms with Gasteiger partial charge in [-0.15, -0.1) is 23.1 Å². The van der Waals surface area contributed by atoms with E-state index in [4.69, 9.17) is 10.7 Å². The van der Waals surface area contributed by atoms with Crippen molar-refractivity contribution in [3.8, 4) is 0 Å². The monoisotopic (exact) mass is 292 g/mol. The minimum Gasteiger partial charge on any atom is -0.399 e. The highest BCUT2D eigenvalue weighted by atomic mass is 32.2. The maximum Gasteiger partial charge on any atom is 0.103 e. The normalized spacial score (nSPS) is 11.8. The Kier molecular flexibility index (Phi) is 4.21. The van der Waals surface area contributed by atoms with E-state index in [2.05, 4.69) is 39.1 Å². The van der Waals surface area contributed by atoms with Gasteiger partial charge in [0.1, 0.15) is 5.01 Å². The maximum atomic E-state index is 5.83. The number of hydrogen-bond acceptors (Lipinski definition) is 4. The Morgan fingerprint density at radius 3 is 2.68 bits per heavy atom. The number of thiazole rings is 1. The molecule has 0 amide bonds. The molecule has 0 saturated carbocycles. The Hall–Kier alpha value is -1.000. The number of thioether (sulfide) groups is 1. The highest BCUT2D eigenvalue weighted by Crippen LogP contribution is 2.30. The smallest absolute Gasteiger partial charge is 0.103 e. The second-order valence-corrected chi connectivity index (χ2v) is 7.65. The lowest BCUT2D eigenvalue weighted by Gasteiger charge is -2.14. The predicted molar refractivity (Wildman–Crippen MR) is 86.0 cm³/mol. The zero-order valence-electron chi connectivity index (χ0n) is 11.9. The highest BCUT2D eigenvalue weighted by Gasteiger charge is 2.17. The van der Waals surface area contributed by atoms with Gasteiger partial charge < -0.3 is 5.73 Å². The zero-order chi connectivity index (χ0) is 14.0. The van der Waals surface area contributed by atoms with Crippen LogP contribution in [0.3, 0.4) is 0 Å². The van der Waals surface area contributed by atoms with Crippen LogP contribution >= 0.6 is 23.1 Å². The van der Waals surface area contributed by atoms with E-state index in [1.54, 1.807) is 23.1 Å². The molecule has 4 heteroatoms. The van der Waals surface area contributed by atoms with Gasteiger partial charge in [0.2, 0.25) is 0 Å². The lowest BCUT2D eigenvalue weighted by atomic mass is 9.93. The number of rotatable bonds is 3. The molecule has 102 valence electrons. The SMILES string of the molecule is Cc1ccc(N)cc1SCc1nc(C(C)(C)C)cs1. The van der Waals surface area contributed by atoms with Crippen LogP contribution in [0.1, 0.15) is 37.0 Å². The van der Waals surface area contributed by atoms with Gasteiger partial charge >= 0.3 is 0 Å². The number of nitrogens with two attached hydrogens (primary N) is 1. The summed E-state index contributed by atoms with van der Waals surface area (Å²) in [5.74, 6) is 0.908. The average molecular weight is 292 g/mol. The Balaban J connectivity index is 2.06. The molecule has 2 N–H and O–H groups in total. The molecule has 0 atom stereocenters. The van der Waals surface area contributed by atoms with Crippen molar-refractivity contribution in [3.05, 3.63) is 39.8 Å². The van der Waals surface area contributed by atoms with E-state index in [9.17, 15) is 0 Å². The number of aromatic nitrogens is 1. The number of aryl methyl sites for hydroxylation is 1. The molecule has 1 aromatic heterocycles. The van der Waals surface area contributed by atoms with Crippen LogP contribution in [0.15, 0.2) is 28.5 Å². The van der Waals surface area contributed by atoms with Crippen LogP contribution in [-0.4, -0.2) is 4.98 Å². The largest absolute Gasteiger partial charge is 0.399 e. The van der Waals surface area contributed by atoms with Crippen molar-refractivity contribution >= 4 is 28.8 Å². The number of nitrogen functional groups attached to an aromatic ring is 1. The van der Waals surface area contributed by atoms with Gasteiger partial charge in [-0.05, 0) is 24.6 Å². The molecule has 0 fully saturated rings. The summed E-state index contributed by atoms with van der Waals surface area (Å²) in [6.45, 7) is 8.70. The summed E-state index contributed by atoms with van der Waals surface area (Å²) < 4.78 is 0. The van der Waals surface area contributed by atoms with Gasteiger partial charge in [0.25, 0.3) is 0 Å². The summed E-state index contributed by atoms with van der Waals surface area (Å²) in [5, 5.41) is 3.35. The van der Waals surface area contributed by atoms with E-state index in [0.29, 0.717) is 0 Å². The van der Waals surface area contributed by atoms with E-state index in [0.717, 1.165) is 11.4 Å². The van der Waals surface area contributed by atoms with E-state index < -0.39 is 0 Å². The average Bonchev–Trinajstić information content (AvgIpc) is 2.79. The van der Waals surface area contributed by atoms with Gasteiger partial charge in [0.05, 0.1) is 11.4 Å². The molecule has 0 spiro atoms. The number of benzene rings is 1. The minimum atomic E-state index is 0.131. The third-order valence-electron chi connectivity index (χ3n) is 2.88. The minimum absolute atomic E-state index is 0.131. The second kappa shape index (κ2) is 5.55. The van der Waals surface area contributed by atoms with Crippen molar-refractivity contribution in [2.75, 3.05) is 5.73 Å². The van der Waals surface area contributed by atoms with Crippen molar-refractivity contribution in [1.82, 2.24) is 4.98 Å². The van der Waals surface area contributed by atoms with E-state index in [1.165, 1.54) is 21.2 Å². The standard InChI is InChI=1S/C15H20N2S2/c1-10-5-6-11(16)7-12(10)18-9-14-17-13(8-19-14)15(2,3)4/h5-8H,9,16H2,1-4H3. The topological polar surface area (TPSA) is 38.9 Å². The van der Waals surface area contributed by atoms with E-state index in [1.807, 2.05) is 12.1 Å². The van der Waals surface area contributed by atoms with Gasteiger partial charge in [0, 0.05) is 21.4 Å². The molecule has 0 aliphatic heterocycles. The zero-order valence-corrected chi connectivity index (χ0v) is 13.5. The van der Waals surface area contributed by atoms with Crippen molar-refractivity contribution in [3.63, 3.8) is 0 Å². The molecule has 0 aliphatic carbocycles. The summed E-state index contributed by atoms with van der Waals surface area (Å²) >= 11 is 3.55. The Morgan fingerprint density at radius 1 is 1.32 bits per heavy atom. The molecule has 0 bridgehead atoms. The molecule has 0 saturated heterocycles. The fraction of sp³-hybridized carbons (Fsp3) is 0.400. The second-order valence-electron chi connectivity index (χ2n) is 5.69. The Morgan fingerprint density at radius 2 is 2.05 bits per heavy atom. The lowest BCUT2D eigenvalue weighted by molar-refractivity contribution is 0.572. The molecule has 1 aromatic carbocycles. The fourth-order valence-corrected chi connectivity index (χ4v) is 3.75. The first-order valence-electron chi connectivity index (χ1n) is 6.30. The first kappa shape index (κ1) is 14.4. The summed E-state index contributed by atoms with van der Waals surface area (Å²) in [6.07, 6.45) is 0. The van der Waals surface area contributed by atoms with Crippen LogP contribution in [0, 0.1) is 6.92 Å². The third kappa shape index (κ3) is 3.74. The Labute approximate surface area is 123 Å². The molecule has 0 radical (unpaired) electrons. The maximum absolute atomic E-state index is 5.83. The molecule has 2 nitrogen and oxygen atoms in total. The lowest BCUT2D eigenvalue weighted by Crippen LogP contribution is -2.11. The molecule has 1 heterocycles. The summed E-state index contributed by atoms with van der Waals surface area (Å²) in [4.78, 5) is 5.96. The molecular weight excluding hydrogens is 272 g/mol. The summed E-state index contributed by atoms with van der Waals surface area (Å²) in [7, 11) is 0. The van der Waals surface area contributed by atoms with Crippen LogP contribution in [0.5, 0.6) is 0 Å². The van der Waals surface area contributed by atoms with Crippen LogP contribution in [0.4, 0.5) is 5.69 Å². The predicted octanol–water partition coefficient (Wildman–Crippen LogP) is 4.62. The van der Waals surface area contributed by atoms with Crippen molar-refractivity contribution in [2.45, 2.75) is 43.8 Å². The van der Waals surface area contributed by atoms with Crippen molar-refractivity contribution < 1.29 is 0 Å². The van der Waals surface area contributed by atoms with Crippen LogP contribution in [0.25, 0.3) is 0 Å². The van der Waals surface area contributed by atoms with Crippen molar-refractivity contribution in [2.24, 2.45) is 0 Å². The highest BCUT2D eigenvalue weighted by molar-refractivity contribution is 7.98. The Bertz CT molecular complexity index is 568. The van der Waals surface area contributed by atoms with Gasteiger partial charge in [-0.3, -0.25) is 0 Å². The molecule has 2 rings (SSSR count). The van der Waals surface area contributed by atoms with Crippen LogP contribution in [0.2, 0.25) is 0 Å². The number of hydrogen-bond donors (Lipinski definition) is 1. The van der Waals surface area contributed by atoms with Gasteiger partial charge in [-0.25, -0.2) is 4.98 Å². The first-order valence-corrected chi connectivity index (χ1v) is 8.16. The molecule has 0 aliphatic rings. The van der Waals surface area contributed by atoms with Gasteiger partial charge in [-0.2, -0.15) is 0 Å². The first-order chi connectivity index (χ1) is 8.86. The fourth-order valence-electron chi connectivity index (χ4n) is 1.63. The van der Waals surface area contributed by atoms with Crippen molar-refractivity contribution in [1.29, 1.82) is 0 Å². The van der Waals surface area contributed by atoms with E-state index >= 15 is 0 Å². The molecule has 19 heavy (non-hydrogen) atoms. The summed E-state index contributed by atoms with van der Waals surface area (Å²) in [6, 6.07) is 6.05. The van der Waals surface area contributed by atoms with Crippen LogP contribution < -0.4 is 5.73 Å². The third-order valence-corrected chi connectivity index (χ3v) is 5.08. The quantitative estimate of drug-likeness (QED) is 0.662. The molecular formula is C15H20N2S2. The number of anilines is 1. The van der Waals surface area contributed by atoms with Gasteiger partial charge in [0.15, 0.2) is 0 Å². The van der Waals surface area contributed by atoms with Crippen LogP contribution in [-0.2, 0) is 11.2 Å². The number of nitrogens with zero attached hydrogens (tertiary/aromatic N) is 1. The van der Waals surface area contributed by atoms with E-state index in [-0.39, 0.29) is 5.41 Å².